The molecule has 14 heavy (non-hydrogen) atoms. The predicted octanol–water partition coefficient (Wildman–Crippen LogP) is 1.49. The van der Waals surface area contributed by atoms with Crippen LogP contribution >= 0.6 is 0 Å². The average molecular weight is 197 g/mol. The standard InChI is InChI=1S/C11H19NO2/c1-4-11(13)12-9-5-6-14-10(7-9)8(2)3/h4,8-10H,1,5-7H2,2-3H3,(H,12,13). The molecule has 0 aliphatic carbocycles. The molecule has 3 heteroatoms. The molecule has 1 rings (SSSR count). The summed E-state index contributed by atoms with van der Waals surface area (Å²) in [6.07, 6.45) is 3.42. The van der Waals surface area contributed by atoms with Crippen molar-refractivity contribution in [3.05, 3.63) is 12.7 Å². The molecule has 0 spiro atoms. The zero-order valence-corrected chi connectivity index (χ0v) is 8.95. The van der Waals surface area contributed by atoms with E-state index in [0.717, 1.165) is 19.4 Å². The highest BCUT2D eigenvalue weighted by atomic mass is 16.5. The number of ether oxygens (including phenoxy) is 1. The molecule has 1 N–H and O–H groups in total. The maximum Gasteiger partial charge on any atom is 0.243 e. The van der Waals surface area contributed by atoms with Gasteiger partial charge >= 0.3 is 0 Å². The lowest BCUT2D eigenvalue weighted by molar-refractivity contribution is -0.118. The highest BCUT2D eigenvalue weighted by Gasteiger charge is 2.25. The van der Waals surface area contributed by atoms with Crippen molar-refractivity contribution in [2.75, 3.05) is 6.61 Å². The summed E-state index contributed by atoms with van der Waals surface area (Å²) in [5, 5.41) is 2.92. The molecule has 1 aliphatic rings. The van der Waals surface area contributed by atoms with Crippen LogP contribution in [0.4, 0.5) is 0 Å². The van der Waals surface area contributed by atoms with Crippen LogP contribution in [0.3, 0.4) is 0 Å². The van der Waals surface area contributed by atoms with Gasteiger partial charge in [-0.1, -0.05) is 20.4 Å². The van der Waals surface area contributed by atoms with Crippen LogP contribution < -0.4 is 5.32 Å². The van der Waals surface area contributed by atoms with Crippen LogP contribution in [0.1, 0.15) is 26.7 Å². The highest BCUT2D eigenvalue weighted by molar-refractivity contribution is 5.87. The number of carbonyl (C=O) groups excluding carboxylic acids is 1. The van der Waals surface area contributed by atoms with Crippen molar-refractivity contribution in [1.29, 1.82) is 0 Å². The molecule has 0 radical (unpaired) electrons. The maximum atomic E-state index is 11.1. The zero-order valence-electron chi connectivity index (χ0n) is 8.95. The van der Waals surface area contributed by atoms with Crippen molar-refractivity contribution in [1.82, 2.24) is 5.32 Å². The molecule has 3 nitrogen and oxygen atoms in total. The molecular weight excluding hydrogens is 178 g/mol. The van der Waals surface area contributed by atoms with Crippen molar-refractivity contribution in [2.24, 2.45) is 5.92 Å². The Kier molecular flexibility index (Phi) is 4.14. The normalized spacial score (nSPS) is 27.4. The van der Waals surface area contributed by atoms with E-state index in [1.54, 1.807) is 0 Å². The van der Waals surface area contributed by atoms with E-state index < -0.39 is 0 Å². The van der Waals surface area contributed by atoms with Crippen molar-refractivity contribution in [3.8, 4) is 0 Å². The lowest BCUT2D eigenvalue weighted by atomic mass is 9.95. The SMILES string of the molecule is C=CC(=O)NC1CCOC(C(C)C)C1. The summed E-state index contributed by atoms with van der Waals surface area (Å²) in [5.74, 6) is 0.429. The molecule has 0 saturated carbocycles. The molecule has 2 unspecified atom stereocenters. The fourth-order valence-electron chi connectivity index (χ4n) is 1.68. The molecule has 0 bridgehead atoms. The van der Waals surface area contributed by atoms with Crippen LogP contribution in [-0.2, 0) is 9.53 Å². The Morgan fingerprint density at radius 3 is 2.93 bits per heavy atom. The van der Waals surface area contributed by atoms with Crippen LogP contribution in [0.15, 0.2) is 12.7 Å². The molecule has 0 aromatic rings. The number of hydrogen-bond donors (Lipinski definition) is 1. The number of hydrogen-bond acceptors (Lipinski definition) is 2. The van der Waals surface area contributed by atoms with E-state index in [1.165, 1.54) is 6.08 Å². The summed E-state index contributed by atoms with van der Waals surface area (Å²) in [5.41, 5.74) is 0. The Bertz CT molecular complexity index is 213. The van der Waals surface area contributed by atoms with Gasteiger partial charge < -0.3 is 10.1 Å². The molecule has 0 aromatic heterocycles. The van der Waals surface area contributed by atoms with Gasteiger partial charge in [-0.15, -0.1) is 0 Å². The second kappa shape index (κ2) is 5.15. The lowest BCUT2D eigenvalue weighted by Crippen LogP contribution is -2.42. The molecule has 1 fully saturated rings. The Hall–Kier alpha value is -0.830. The Labute approximate surface area is 85.5 Å². The quantitative estimate of drug-likeness (QED) is 0.696. The fourth-order valence-corrected chi connectivity index (χ4v) is 1.68. The van der Waals surface area contributed by atoms with E-state index in [0.29, 0.717) is 5.92 Å². The van der Waals surface area contributed by atoms with E-state index in [2.05, 4.69) is 25.7 Å². The summed E-state index contributed by atoms with van der Waals surface area (Å²) in [6, 6.07) is 0.252. The highest BCUT2D eigenvalue weighted by Crippen LogP contribution is 2.19. The van der Waals surface area contributed by atoms with E-state index in [9.17, 15) is 4.79 Å². The number of carbonyl (C=O) groups is 1. The zero-order chi connectivity index (χ0) is 10.6. The smallest absolute Gasteiger partial charge is 0.243 e. The number of rotatable bonds is 3. The second-order valence-corrected chi connectivity index (χ2v) is 4.09. The van der Waals surface area contributed by atoms with Gasteiger partial charge in [0, 0.05) is 12.6 Å². The van der Waals surface area contributed by atoms with Crippen molar-refractivity contribution < 1.29 is 9.53 Å². The van der Waals surface area contributed by atoms with E-state index >= 15 is 0 Å². The summed E-state index contributed by atoms with van der Waals surface area (Å²) in [6.45, 7) is 8.46. The molecule has 1 heterocycles. The topological polar surface area (TPSA) is 38.3 Å². The number of amides is 1. The molecule has 2 atom stereocenters. The van der Waals surface area contributed by atoms with Gasteiger partial charge in [-0.05, 0) is 24.8 Å². The molecular formula is C11H19NO2. The summed E-state index contributed by atoms with van der Waals surface area (Å²) in [7, 11) is 0. The van der Waals surface area contributed by atoms with E-state index in [4.69, 9.17) is 4.74 Å². The maximum absolute atomic E-state index is 11.1. The Balaban J connectivity index is 2.39. The first-order chi connectivity index (χ1) is 6.63. The van der Waals surface area contributed by atoms with E-state index in [1.807, 2.05) is 0 Å². The first-order valence-electron chi connectivity index (χ1n) is 5.18. The second-order valence-electron chi connectivity index (χ2n) is 4.09. The lowest BCUT2D eigenvalue weighted by Gasteiger charge is -2.32. The molecule has 1 amide bonds. The first kappa shape index (κ1) is 11.2. The van der Waals surface area contributed by atoms with Crippen LogP contribution in [0.2, 0.25) is 0 Å². The van der Waals surface area contributed by atoms with Crippen LogP contribution in [0, 0.1) is 5.92 Å². The van der Waals surface area contributed by atoms with Crippen molar-refractivity contribution in [2.45, 2.75) is 38.8 Å². The van der Waals surface area contributed by atoms with Gasteiger partial charge in [-0.2, -0.15) is 0 Å². The third-order valence-corrected chi connectivity index (χ3v) is 2.59. The third-order valence-electron chi connectivity index (χ3n) is 2.59. The van der Waals surface area contributed by atoms with Crippen LogP contribution in [0.5, 0.6) is 0 Å². The van der Waals surface area contributed by atoms with Gasteiger partial charge in [0.2, 0.25) is 5.91 Å². The minimum atomic E-state index is -0.0839. The Morgan fingerprint density at radius 1 is 1.64 bits per heavy atom. The molecule has 0 aromatic carbocycles. The Morgan fingerprint density at radius 2 is 2.36 bits per heavy atom. The molecule has 1 saturated heterocycles. The van der Waals surface area contributed by atoms with Gasteiger partial charge in [-0.25, -0.2) is 0 Å². The third kappa shape index (κ3) is 3.14. The minimum absolute atomic E-state index is 0.0839. The molecule has 1 aliphatic heterocycles. The van der Waals surface area contributed by atoms with Crippen molar-refractivity contribution in [3.63, 3.8) is 0 Å². The van der Waals surface area contributed by atoms with Gasteiger partial charge in [0.05, 0.1) is 6.10 Å². The summed E-state index contributed by atoms with van der Waals surface area (Å²) in [4.78, 5) is 11.1. The fraction of sp³-hybridized carbons (Fsp3) is 0.727. The monoisotopic (exact) mass is 197 g/mol. The van der Waals surface area contributed by atoms with Crippen LogP contribution in [0.25, 0.3) is 0 Å². The largest absolute Gasteiger partial charge is 0.378 e. The average Bonchev–Trinajstić information content (AvgIpc) is 2.18. The van der Waals surface area contributed by atoms with E-state index in [-0.39, 0.29) is 18.1 Å². The number of nitrogens with one attached hydrogen (secondary N) is 1. The predicted molar refractivity (Wildman–Crippen MR) is 55.9 cm³/mol. The minimum Gasteiger partial charge on any atom is -0.378 e. The van der Waals surface area contributed by atoms with Gasteiger partial charge in [0.25, 0.3) is 0 Å². The summed E-state index contributed by atoms with van der Waals surface area (Å²) >= 11 is 0. The first-order valence-corrected chi connectivity index (χ1v) is 5.18. The van der Waals surface area contributed by atoms with Gasteiger partial charge in [-0.3, -0.25) is 4.79 Å². The van der Waals surface area contributed by atoms with Gasteiger partial charge in [0.15, 0.2) is 0 Å². The van der Waals surface area contributed by atoms with Gasteiger partial charge in [0.1, 0.15) is 0 Å². The van der Waals surface area contributed by atoms with Crippen molar-refractivity contribution >= 4 is 5.91 Å². The van der Waals surface area contributed by atoms with Crippen LogP contribution in [-0.4, -0.2) is 24.7 Å². The summed E-state index contributed by atoms with van der Waals surface area (Å²) < 4.78 is 5.61. The molecule has 80 valence electrons.